The highest BCUT2D eigenvalue weighted by Crippen LogP contribution is 2.23. The molecule has 2 heterocycles. The molecule has 0 saturated heterocycles. The number of benzene rings is 2. The molecule has 0 bridgehead atoms. The lowest BCUT2D eigenvalue weighted by Gasteiger charge is -2.05. The van der Waals surface area contributed by atoms with Gasteiger partial charge in [0.05, 0.1) is 5.75 Å². The third kappa shape index (κ3) is 3.39. The summed E-state index contributed by atoms with van der Waals surface area (Å²) in [6, 6.07) is 15.7. The van der Waals surface area contributed by atoms with E-state index in [9.17, 15) is 4.79 Å². The molecule has 0 spiro atoms. The van der Waals surface area contributed by atoms with Crippen molar-refractivity contribution in [2.75, 3.05) is 11.1 Å². The topological polar surface area (TPSA) is 83.6 Å². The fraction of sp³-hybridized carbons (Fsp3) is 0.158. The third-order valence-electron chi connectivity index (χ3n) is 4.08. The standard InChI is InChI=1S/C19H17N5OS/c1-2-12-7-9-13(10-8-12)20-16(25)11-26-19-22-18-17(23-24-19)14-5-3-4-6-15(14)21-18/h3-10H,2,11H2,1H3,(H,20,25)(H,21,22,24). The van der Waals surface area contributed by atoms with Crippen LogP contribution in [-0.4, -0.2) is 31.8 Å². The van der Waals surface area contributed by atoms with Gasteiger partial charge in [-0.2, -0.15) is 0 Å². The van der Waals surface area contributed by atoms with Crippen molar-refractivity contribution in [2.45, 2.75) is 18.5 Å². The van der Waals surface area contributed by atoms with Gasteiger partial charge >= 0.3 is 0 Å². The number of H-pyrrole nitrogens is 1. The highest BCUT2D eigenvalue weighted by molar-refractivity contribution is 7.99. The van der Waals surface area contributed by atoms with Gasteiger partial charge in [0, 0.05) is 16.6 Å². The molecule has 2 aromatic carbocycles. The van der Waals surface area contributed by atoms with Crippen LogP contribution in [0.15, 0.2) is 53.7 Å². The smallest absolute Gasteiger partial charge is 0.234 e. The van der Waals surface area contributed by atoms with Crippen molar-refractivity contribution in [2.24, 2.45) is 0 Å². The van der Waals surface area contributed by atoms with Crippen LogP contribution in [0, 0.1) is 0 Å². The molecule has 26 heavy (non-hydrogen) atoms. The minimum atomic E-state index is -0.0976. The van der Waals surface area contributed by atoms with Crippen LogP contribution in [0.2, 0.25) is 0 Å². The Morgan fingerprint density at radius 1 is 1.12 bits per heavy atom. The van der Waals surface area contributed by atoms with Crippen molar-refractivity contribution in [3.8, 4) is 0 Å². The second-order valence-electron chi connectivity index (χ2n) is 5.85. The minimum absolute atomic E-state index is 0.0976. The summed E-state index contributed by atoms with van der Waals surface area (Å²) < 4.78 is 0. The summed E-state index contributed by atoms with van der Waals surface area (Å²) in [6.07, 6.45) is 0.977. The summed E-state index contributed by atoms with van der Waals surface area (Å²) in [4.78, 5) is 19.8. The Kier molecular flexibility index (Phi) is 4.53. The second-order valence-corrected chi connectivity index (χ2v) is 6.79. The van der Waals surface area contributed by atoms with E-state index >= 15 is 0 Å². The zero-order valence-corrected chi connectivity index (χ0v) is 15.0. The number of hydrogen-bond donors (Lipinski definition) is 2. The van der Waals surface area contributed by atoms with Crippen LogP contribution in [0.3, 0.4) is 0 Å². The highest BCUT2D eigenvalue weighted by atomic mass is 32.2. The Hall–Kier alpha value is -2.93. The molecular formula is C19H17N5OS. The molecule has 0 radical (unpaired) electrons. The molecular weight excluding hydrogens is 346 g/mol. The van der Waals surface area contributed by atoms with Crippen molar-refractivity contribution in [1.29, 1.82) is 0 Å². The van der Waals surface area contributed by atoms with E-state index in [1.165, 1.54) is 17.3 Å². The van der Waals surface area contributed by atoms with Crippen molar-refractivity contribution in [3.05, 3.63) is 54.1 Å². The monoisotopic (exact) mass is 363 g/mol. The first kappa shape index (κ1) is 16.5. The molecule has 4 rings (SSSR count). The minimum Gasteiger partial charge on any atom is -0.338 e. The number of nitrogens with one attached hydrogen (secondary N) is 2. The van der Waals surface area contributed by atoms with E-state index in [0.717, 1.165) is 28.5 Å². The molecule has 0 fully saturated rings. The molecule has 0 atom stereocenters. The molecule has 7 heteroatoms. The van der Waals surface area contributed by atoms with Gasteiger partial charge in [-0.1, -0.05) is 49.0 Å². The zero-order chi connectivity index (χ0) is 17.9. The van der Waals surface area contributed by atoms with Crippen LogP contribution in [-0.2, 0) is 11.2 Å². The number of carbonyl (C=O) groups is 1. The van der Waals surface area contributed by atoms with Gasteiger partial charge in [0.2, 0.25) is 11.1 Å². The van der Waals surface area contributed by atoms with E-state index in [2.05, 4.69) is 32.4 Å². The second kappa shape index (κ2) is 7.13. The fourth-order valence-electron chi connectivity index (χ4n) is 2.72. The van der Waals surface area contributed by atoms with E-state index in [-0.39, 0.29) is 11.7 Å². The number of aromatic nitrogens is 4. The summed E-state index contributed by atoms with van der Waals surface area (Å²) in [6.45, 7) is 2.10. The van der Waals surface area contributed by atoms with E-state index < -0.39 is 0 Å². The van der Waals surface area contributed by atoms with Gasteiger partial charge in [0.25, 0.3) is 0 Å². The Morgan fingerprint density at radius 2 is 1.92 bits per heavy atom. The maximum absolute atomic E-state index is 12.1. The number of hydrogen-bond acceptors (Lipinski definition) is 5. The summed E-state index contributed by atoms with van der Waals surface area (Å²) in [7, 11) is 0. The van der Waals surface area contributed by atoms with Gasteiger partial charge in [0.1, 0.15) is 5.52 Å². The number of carbonyl (C=O) groups excluding carboxylic acids is 1. The van der Waals surface area contributed by atoms with Gasteiger partial charge in [-0.15, -0.1) is 10.2 Å². The average Bonchev–Trinajstić information content (AvgIpc) is 3.05. The van der Waals surface area contributed by atoms with E-state index in [1.807, 2.05) is 48.5 Å². The SMILES string of the molecule is CCc1ccc(NC(=O)CSc2nnc3c(n2)[nH]c2ccccc23)cc1. The predicted octanol–water partition coefficient (Wildman–Crippen LogP) is 3.80. The molecule has 0 aliphatic carbocycles. The van der Waals surface area contributed by atoms with Crippen LogP contribution >= 0.6 is 11.8 Å². The maximum Gasteiger partial charge on any atom is 0.234 e. The summed E-state index contributed by atoms with van der Waals surface area (Å²) in [5, 5.41) is 12.7. The Balaban J connectivity index is 1.43. The first-order valence-electron chi connectivity index (χ1n) is 8.35. The lowest BCUT2D eigenvalue weighted by molar-refractivity contribution is -0.113. The largest absolute Gasteiger partial charge is 0.338 e. The van der Waals surface area contributed by atoms with E-state index in [4.69, 9.17) is 0 Å². The first-order valence-corrected chi connectivity index (χ1v) is 9.34. The maximum atomic E-state index is 12.1. The van der Waals surface area contributed by atoms with Crippen LogP contribution in [0.4, 0.5) is 5.69 Å². The van der Waals surface area contributed by atoms with Gasteiger partial charge in [-0.05, 0) is 30.2 Å². The number of thioether (sulfide) groups is 1. The van der Waals surface area contributed by atoms with Crippen LogP contribution in [0.5, 0.6) is 0 Å². The van der Waals surface area contributed by atoms with Crippen molar-refractivity contribution >= 4 is 45.4 Å². The fourth-order valence-corrected chi connectivity index (χ4v) is 3.30. The summed E-state index contributed by atoms with van der Waals surface area (Å²) >= 11 is 1.26. The lowest BCUT2D eigenvalue weighted by Crippen LogP contribution is -2.14. The van der Waals surface area contributed by atoms with Gasteiger partial charge < -0.3 is 10.3 Å². The first-order chi connectivity index (χ1) is 12.7. The predicted molar refractivity (Wildman–Crippen MR) is 104 cm³/mol. The lowest BCUT2D eigenvalue weighted by atomic mass is 10.1. The molecule has 0 aliphatic rings. The molecule has 6 nitrogen and oxygen atoms in total. The van der Waals surface area contributed by atoms with Crippen molar-refractivity contribution in [3.63, 3.8) is 0 Å². The van der Waals surface area contributed by atoms with Crippen molar-refractivity contribution in [1.82, 2.24) is 20.2 Å². The number of para-hydroxylation sites is 1. The number of fused-ring (bicyclic) bond motifs is 3. The van der Waals surface area contributed by atoms with Crippen LogP contribution in [0.25, 0.3) is 22.1 Å². The molecule has 4 aromatic rings. The number of aryl methyl sites for hydroxylation is 1. The molecule has 130 valence electrons. The number of nitrogens with zero attached hydrogens (tertiary/aromatic N) is 3. The van der Waals surface area contributed by atoms with Gasteiger partial charge in [-0.3, -0.25) is 4.79 Å². The van der Waals surface area contributed by atoms with Crippen LogP contribution < -0.4 is 5.32 Å². The van der Waals surface area contributed by atoms with Gasteiger partial charge in [0.15, 0.2) is 5.65 Å². The molecule has 0 unspecified atom stereocenters. The number of amides is 1. The molecule has 2 aromatic heterocycles. The molecule has 0 saturated carbocycles. The number of anilines is 1. The Labute approximate surface area is 154 Å². The van der Waals surface area contributed by atoms with E-state index in [1.54, 1.807) is 0 Å². The average molecular weight is 363 g/mol. The Morgan fingerprint density at radius 3 is 2.73 bits per heavy atom. The molecule has 2 N–H and O–H groups in total. The molecule has 1 amide bonds. The molecule has 0 aliphatic heterocycles. The van der Waals surface area contributed by atoms with E-state index in [0.29, 0.717) is 10.8 Å². The Bertz CT molecular complexity index is 1070. The number of rotatable bonds is 5. The normalized spacial score (nSPS) is 11.1. The zero-order valence-electron chi connectivity index (χ0n) is 14.2. The summed E-state index contributed by atoms with van der Waals surface area (Å²) in [5.41, 5.74) is 4.42. The van der Waals surface area contributed by atoms with Crippen molar-refractivity contribution < 1.29 is 4.79 Å². The number of aromatic amines is 1. The quantitative estimate of drug-likeness (QED) is 0.527. The van der Waals surface area contributed by atoms with Crippen LogP contribution in [0.1, 0.15) is 12.5 Å². The van der Waals surface area contributed by atoms with Gasteiger partial charge in [-0.25, -0.2) is 4.98 Å². The highest BCUT2D eigenvalue weighted by Gasteiger charge is 2.10. The third-order valence-corrected chi connectivity index (χ3v) is 4.92. The summed E-state index contributed by atoms with van der Waals surface area (Å²) in [5.74, 6) is 0.128.